The summed E-state index contributed by atoms with van der Waals surface area (Å²) < 4.78 is 49.2. The van der Waals surface area contributed by atoms with Crippen LogP contribution in [-0.4, -0.2) is 63.8 Å². The molecular formula is C22H26F3N7O3. The van der Waals surface area contributed by atoms with Crippen LogP contribution in [0.3, 0.4) is 0 Å². The molecule has 2 aromatic heterocycles. The molecule has 0 spiro atoms. The third-order valence-electron chi connectivity index (χ3n) is 7.01. The molecule has 1 aliphatic heterocycles. The molecule has 3 aliphatic rings. The van der Waals surface area contributed by atoms with E-state index in [1.165, 1.54) is 0 Å². The zero-order chi connectivity index (χ0) is 25.0. The largest absolute Gasteiger partial charge is 0.487 e. The van der Waals surface area contributed by atoms with Gasteiger partial charge in [0.15, 0.2) is 11.6 Å². The fourth-order valence-corrected chi connectivity index (χ4v) is 4.90. The summed E-state index contributed by atoms with van der Waals surface area (Å²) in [4.78, 5) is 30.6. The first-order chi connectivity index (χ1) is 16.6. The van der Waals surface area contributed by atoms with Gasteiger partial charge in [0.1, 0.15) is 17.8 Å². The first kappa shape index (κ1) is 23.5. The Kier molecular flexibility index (Phi) is 5.69. The van der Waals surface area contributed by atoms with E-state index in [1.807, 2.05) is 18.9 Å². The highest BCUT2D eigenvalue weighted by Crippen LogP contribution is 2.44. The Morgan fingerprint density at radius 3 is 2.46 bits per heavy atom. The van der Waals surface area contributed by atoms with Gasteiger partial charge in [0.05, 0.1) is 23.7 Å². The summed E-state index contributed by atoms with van der Waals surface area (Å²) in [6.07, 6.45) is 1.15. The van der Waals surface area contributed by atoms with Crippen LogP contribution in [0, 0.1) is 6.92 Å². The number of anilines is 3. The number of alkyl halides is 3. The van der Waals surface area contributed by atoms with Crippen LogP contribution in [0.25, 0.3) is 0 Å². The molecule has 1 unspecified atom stereocenters. The monoisotopic (exact) mass is 493 g/mol. The van der Waals surface area contributed by atoms with Crippen LogP contribution in [0.1, 0.15) is 43.6 Å². The Balaban J connectivity index is 1.23. The number of aryl methyl sites for hydroxylation is 1. The first-order valence-corrected chi connectivity index (χ1v) is 11.4. The second-order valence-corrected chi connectivity index (χ2v) is 9.25. The quantitative estimate of drug-likeness (QED) is 0.627. The fraction of sp³-hybridized carbons (Fsp3) is 0.591. The number of nitrogens with zero attached hydrogens (tertiary/aromatic N) is 5. The molecule has 5 rings (SSSR count). The summed E-state index contributed by atoms with van der Waals surface area (Å²) in [7, 11) is 3.48. The van der Waals surface area contributed by atoms with Crippen molar-refractivity contribution in [2.24, 2.45) is 0 Å². The normalized spacial score (nSPS) is 25.1. The van der Waals surface area contributed by atoms with Crippen molar-refractivity contribution in [2.75, 3.05) is 29.7 Å². The number of likely N-dealkylation sites (N-methyl/N-ethyl adjacent to an activating group) is 1. The summed E-state index contributed by atoms with van der Waals surface area (Å²) in [5.74, 6) is -0.0737. The minimum absolute atomic E-state index is 0.0315. The van der Waals surface area contributed by atoms with Gasteiger partial charge in [0.25, 0.3) is 0 Å². The van der Waals surface area contributed by atoms with Crippen molar-refractivity contribution in [1.82, 2.24) is 19.9 Å². The number of rotatable bonds is 6. The molecule has 2 N–H and O–H groups in total. The van der Waals surface area contributed by atoms with Gasteiger partial charge < -0.3 is 25.0 Å². The zero-order valence-corrected chi connectivity index (χ0v) is 19.5. The summed E-state index contributed by atoms with van der Waals surface area (Å²) in [6.45, 7) is 1.81. The van der Waals surface area contributed by atoms with Crippen LogP contribution in [0.5, 0.6) is 5.75 Å². The minimum Gasteiger partial charge on any atom is -0.487 e. The predicted octanol–water partition coefficient (Wildman–Crippen LogP) is 2.94. The molecule has 2 saturated carbocycles. The maximum Gasteiger partial charge on any atom is 0.451 e. The predicted molar refractivity (Wildman–Crippen MR) is 119 cm³/mol. The fourth-order valence-electron chi connectivity index (χ4n) is 4.90. The third-order valence-corrected chi connectivity index (χ3v) is 7.01. The topological polar surface area (TPSA) is 114 Å². The van der Waals surface area contributed by atoms with E-state index in [1.54, 1.807) is 7.11 Å². The molecular weight excluding hydrogens is 467 g/mol. The van der Waals surface area contributed by atoms with Gasteiger partial charge in [0.2, 0.25) is 17.7 Å². The average Bonchev–Trinajstić information content (AvgIpc) is 2.74. The van der Waals surface area contributed by atoms with Crippen LogP contribution in [0.4, 0.5) is 30.6 Å². The summed E-state index contributed by atoms with van der Waals surface area (Å²) in [6, 6.07) is -0.451. The Bertz CT molecular complexity index is 1110. The number of hydrogen-bond donors (Lipinski definition) is 2. The smallest absolute Gasteiger partial charge is 0.451 e. The van der Waals surface area contributed by atoms with Gasteiger partial charge in [-0.1, -0.05) is 0 Å². The molecule has 13 heteroatoms. The van der Waals surface area contributed by atoms with E-state index < -0.39 is 23.6 Å². The van der Waals surface area contributed by atoms with Crippen LogP contribution in [0.15, 0.2) is 12.4 Å². The molecule has 188 valence electrons. The number of nitrogens with one attached hydrogen (secondary N) is 2. The second-order valence-electron chi connectivity index (χ2n) is 9.25. The number of aromatic nitrogens is 4. The van der Waals surface area contributed by atoms with Gasteiger partial charge in [0, 0.05) is 33.0 Å². The van der Waals surface area contributed by atoms with Gasteiger partial charge in [-0.2, -0.15) is 18.2 Å². The molecule has 0 aromatic carbocycles. The lowest BCUT2D eigenvalue weighted by Crippen LogP contribution is -2.64. The molecule has 0 bridgehead atoms. The molecule has 3 heterocycles. The van der Waals surface area contributed by atoms with E-state index >= 15 is 0 Å². The van der Waals surface area contributed by atoms with Gasteiger partial charge in [-0.25, -0.2) is 15.0 Å². The Hall–Kier alpha value is -3.22. The number of halogens is 3. The van der Waals surface area contributed by atoms with Gasteiger partial charge in [-0.3, -0.25) is 4.79 Å². The van der Waals surface area contributed by atoms with E-state index in [0.29, 0.717) is 36.0 Å². The maximum atomic E-state index is 12.9. The number of ether oxygens (including phenoxy) is 2. The molecule has 0 saturated heterocycles. The lowest BCUT2D eigenvalue weighted by atomic mass is 9.73. The van der Waals surface area contributed by atoms with E-state index in [9.17, 15) is 18.0 Å². The third kappa shape index (κ3) is 4.21. The molecule has 0 radical (unpaired) electrons. The van der Waals surface area contributed by atoms with Crippen LogP contribution in [-0.2, 0) is 15.7 Å². The van der Waals surface area contributed by atoms with E-state index in [2.05, 4.69) is 30.6 Å². The SMILES string of the molecule is COC1(C2C(=O)Nc3c(C)nc(N[C@H]4C[C@H](Oc5cnc(C(F)(F)F)nc5)C4)nc3N2C)CCC1. The molecule has 35 heavy (non-hydrogen) atoms. The first-order valence-electron chi connectivity index (χ1n) is 11.4. The van der Waals surface area contributed by atoms with Crippen molar-refractivity contribution in [3.05, 3.63) is 23.9 Å². The van der Waals surface area contributed by atoms with Crippen molar-refractivity contribution in [1.29, 1.82) is 0 Å². The summed E-state index contributed by atoms with van der Waals surface area (Å²) in [5.41, 5.74) is 0.705. The van der Waals surface area contributed by atoms with Crippen LogP contribution < -0.4 is 20.3 Å². The van der Waals surface area contributed by atoms with Gasteiger partial charge >= 0.3 is 6.18 Å². The molecule has 1 atom stereocenters. The number of fused-ring (bicyclic) bond motifs is 1. The highest BCUT2D eigenvalue weighted by Gasteiger charge is 2.52. The van der Waals surface area contributed by atoms with Crippen molar-refractivity contribution < 1.29 is 27.4 Å². The molecule has 2 aliphatic carbocycles. The standard InChI is InChI=1S/C22H26F3N7O3/c1-11-15-17(32(2)16(18(33)30-15)21(34-3)5-4-6-21)31-20(28-11)29-12-7-13(8-12)35-14-9-26-19(27-10-14)22(23,24)25/h9-10,12-13,16H,4-8H2,1-3H3,(H,30,33)(H,28,29,31)/t12-,13-,16?. The highest BCUT2D eigenvalue weighted by atomic mass is 19.4. The van der Waals surface area contributed by atoms with Crippen molar-refractivity contribution in [3.63, 3.8) is 0 Å². The van der Waals surface area contributed by atoms with Crippen LogP contribution in [0.2, 0.25) is 0 Å². The molecule has 10 nitrogen and oxygen atoms in total. The van der Waals surface area contributed by atoms with Crippen molar-refractivity contribution in [2.45, 2.75) is 69.0 Å². The number of methoxy groups -OCH3 is 1. The molecule has 2 aromatic rings. The number of carbonyl (C=O) groups is 1. The molecule has 2 fully saturated rings. The minimum atomic E-state index is -4.59. The summed E-state index contributed by atoms with van der Waals surface area (Å²) >= 11 is 0. The lowest BCUT2D eigenvalue weighted by molar-refractivity contribution is -0.145. The number of carbonyl (C=O) groups excluding carboxylic acids is 1. The molecule has 1 amide bonds. The van der Waals surface area contributed by atoms with Gasteiger partial charge in [-0.05, 0) is 26.2 Å². The Morgan fingerprint density at radius 1 is 1.20 bits per heavy atom. The second kappa shape index (κ2) is 8.47. The lowest BCUT2D eigenvalue weighted by Gasteiger charge is -2.50. The highest BCUT2D eigenvalue weighted by molar-refractivity contribution is 6.04. The van der Waals surface area contributed by atoms with Crippen LogP contribution >= 0.6 is 0 Å². The number of hydrogen-bond acceptors (Lipinski definition) is 9. The number of amides is 1. The van der Waals surface area contributed by atoms with Crippen molar-refractivity contribution in [3.8, 4) is 5.75 Å². The zero-order valence-electron chi connectivity index (χ0n) is 19.5. The van der Waals surface area contributed by atoms with E-state index in [0.717, 1.165) is 31.7 Å². The maximum absolute atomic E-state index is 12.9. The average molecular weight is 493 g/mol. The summed E-state index contributed by atoms with van der Waals surface area (Å²) in [5, 5.41) is 6.25. The van der Waals surface area contributed by atoms with E-state index in [-0.39, 0.29) is 23.8 Å². The van der Waals surface area contributed by atoms with Gasteiger partial charge in [-0.15, -0.1) is 0 Å². The Morgan fingerprint density at radius 2 is 1.89 bits per heavy atom. The Labute approximate surface area is 199 Å². The van der Waals surface area contributed by atoms with E-state index in [4.69, 9.17) is 9.47 Å². The van der Waals surface area contributed by atoms with Crippen molar-refractivity contribution >= 4 is 23.4 Å².